The molecule has 1 aromatic rings. The van der Waals surface area contributed by atoms with E-state index in [0.29, 0.717) is 13.0 Å². The van der Waals surface area contributed by atoms with Crippen LogP contribution in [0.15, 0.2) is 24.5 Å². The van der Waals surface area contributed by atoms with Crippen LogP contribution >= 0.6 is 0 Å². The number of rotatable bonds is 7. The van der Waals surface area contributed by atoms with Gasteiger partial charge in [0, 0.05) is 25.2 Å². The number of nitrogens with two attached hydrogens (primary N) is 1. The number of carbonyl (C=O) groups is 3. The van der Waals surface area contributed by atoms with Gasteiger partial charge in [0.05, 0.1) is 19.1 Å². The molecule has 8 nitrogen and oxygen atoms in total. The summed E-state index contributed by atoms with van der Waals surface area (Å²) in [6.07, 6.45) is 5.46. The van der Waals surface area contributed by atoms with Crippen molar-refractivity contribution in [3.63, 3.8) is 0 Å². The van der Waals surface area contributed by atoms with E-state index in [1.54, 1.807) is 12.4 Å². The molecule has 2 heterocycles. The van der Waals surface area contributed by atoms with E-state index < -0.39 is 12.1 Å². The first-order valence-corrected chi connectivity index (χ1v) is 8.39. The number of nitrogens with one attached hydrogen (secondary N) is 1. The van der Waals surface area contributed by atoms with Crippen LogP contribution in [-0.4, -0.2) is 40.5 Å². The number of hydrogen-bond donors (Lipinski definition) is 2. The Morgan fingerprint density at radius 3 is 2.84 bits per heavy atom. The second-order valence-electron chi connectivity index (χ2n) is 6.15. The van der Waals surface area contributed by atoms with E-state index in [0.717, 1.165) is 29.9 Å². The Labute approximate surface area is 146 Å². The average Bonchev–Trinajstić information content (AvgIpc) is 2.55. The highest BCUT2D eigenvalue weighted by Gasteiger charge is 2.31. The molecule has 0 radical (unpaired) electrons. The van der Waals surface area contributed by atoms with Gasteiger partial charge in [-0.05, 0) is 43.4 Å². The number of aromatic nitrogens is 1. The molecule has 2 rings (SSSR count). The number of nitrogens with zero attached hydrogens (tertiary/aromatic N) is 2. The van der Waals surface area contributed by atoms with Crippen LogP contribution in [0.3, 0.4) is 0 Å². The Morgan fingerprint density at radius 2 is 2.16 bits per heavy atom. The zero-order chi connectivity index (χ0) is 18.2. The van der Waals surface area contributed by atoms with E-state index >= 15 is 0 Å². The number of pyridine rings is 1. The maximum Gasteiger partial charge on any atom is 0.335 e. The topological polar surface area (TPSA) is 115 Å². The normalized spacial score (nSPS) is 18.6. The zero-order valence-electron chi connectivity index (χ0n) is 14.3. The van der Waals surface area contributed by atoms with Gasteiger partial charge in [0.15, 0.2) is 0 Å². The molecule has 2 atom stereocenters. The molecule has 0 spiro atoms. The lowest BCUT2D eigenvalue weighted by molar-refractivity contribution is -0.205. The van der Waals surface area contributed by atoms with Crippen molar-refractivity contribution in [3.05, 3.63) is 30.1 Å². The highest BCUT2D eigenvalue weighted by molar-refractivity contribution is 5.81. The molecule has 2 amide bonds. The van der Waals surface area contributed by atoms with Crippen LogP contribution in [0.25, 0.3) is 0 Å². The fourth-order valence-electron chi connectivity index (χ4n) is 2.82. The molecule has 0 saturated carbocycles. The minimum Gasteiger partial charge on any atom is -0.341 e. The summed E-state index contributed by atoms with van der Waals surface area (Å²) in [5.41, 5.74) is 6.74. The van der Waals surface area contributed by atoms with Crippen molar-refractivity contribution in [3.8, 4) is 0 Å². The number of carbonyl (C=O) groups excluding carboxylic acids is 3. The quantitative estimate of drug-likeness (QED) is 0.694. The Hall–Kier alpha value is -2.48. The Kier molecular flexibility index (Phi) is 6.88. The third kappa shape index (κ3) is 6.15. The van der Waals surface area contributed by atoms with Gasteiger partial charge in [-0.2, -0.15) is 5.06 Å². The van der Waals surface area contributed by atoms with Gasteiger partial charge in [0.25, 0.3) is 5.91 Å². The van der Waals surface area contributed by atoms with Crippen molar-refractivity contribution >= 4 is 17.8 Å². The van der Waals surface area contributed by atoms with Gasteiger partial charge in [-0.3, -0.25) is 14.6 Å². The minimum atomic E-state index is -0.827. The smallest absolute Gasteiger partial charge is 0.335 e. The lowest BCUT2D eigenvalue weighted by Crippen LogP contribution is -2.46. The van der Waals surface area contributed by atoms with Gasteiger partial charge in [0.1, 0.15) is 0 Å². The number of piperidine rings is 1. The van der Waals surface area contributed by atoms with Gasteiger partial charge >= 0.3 is 5.97 Å². The first kappa shape index (κ1) is 18.9. The van der Waals surface area contributed by atoms with Gasteiger partial charge in [-0.15, -0.1) is 0 Å². The van der Waals surface area contributed by atoms with Crippen molar-refractivity contribution < 1.29 is 19.2 Å². The highest BCUT2D eigenvalue weighted by Crippen LogP contribution is 2.23. The molecule has 1 unspecified atom stereocenters. The number of hydrogen-bond acceptors (Lipinski definition) is 6. The average molecular weight is 348 g/mol. The Balaban J connectivity index is 1.82. The van der Waals surface area contributed by atoms with Gasteiger partial charge in [0.2, 0.25) is 5.91 Å². The molecule has 25 heavy (non-hydrogen) atoms. The third-order valence-corrected chi connectivity index (χ3v) is 4.03. The van der Waals surface area contributed by atoms with Crippen molar-refractivity contribution in [2.45, 2.75) is 45.2 Å². The van der Waals surface area contributed by atoms with Gasteiger partial charge in [-0.1, -0.05) is 0 Å². The fourth-order valence-corrected chi connectivity index (χ4v) is 2.82. The number of aryl methyl sites for hydroxylation is 1. The largest absolute Gasteiger partial charge is 0.341 e. The predicted molar refractivity (Wildman–Crippen MR) is 89.5 cm³/mol. The summed E-state index contributed by atoms with van der Waals surface area (Å²) in [5.74, 6) is -1.31. The number of hydroxylamine groups is 2. The van der Waals surface area contributed by atoms with Crippen molar-refractivity contribution in [2.75, 3.05) is 6.54 Å². The van der Waals surface area contributed by atoms with Crippen LogP contribution in [0.5, 0.6) is 0 Å². The van der Waals surface area contributed by atoms with Crippen LogP contribution in [0.2, 0.25) is 0 Å². The van der Waals surface area contributed by atoms with Crippen LogP contribution in [0, 0.1) is 5.92 Å². The number of amides is 2. The molecule has 0 aromatic carbocycles. The fraction of sp³-hybridized carbons (Fsp3) is 0.529. The third-order valence-electron chi connectivity index (χ3n) is 4.03. The van der Waals surface area contributed by atoms with Crippen molar-refractivity contribution in [1.29, 1.82) is 0 Å². The minimum absolute atomic E-state index is 0.168. The van der Waals surface area contributed by atoms with Crippen molar-refractivity contribution in [2.24, 2.45) is 11.7 Å². The monoisotopic (exact) mass is 348 g/mol. The maximum atomic E-state index is 12.5. The molecule has 1 saturated heterocycles. The second kappa shape index (κ2) is 9.12. The van der Waals surface area contributed by atoms with Crippen LogP contribution in [0.4, 0.5) is 0 Å². The molecule has 0 bridgehead atoms. The molecular weight excluding hydrogens is 324 g/mol. The van der Waals surface area contributed by atoms with E-state index in [4.69, 9.17) is 10.6 Å². The second-order valence-corrected chi connectivity index (χ2v) is 6.15. The van der Waals surface area contributed by atoms with E-state index in [-0.39, 0.29) is 24.2 Å². The van der Waals surface area contributed by atoms with Gasteiger partial charge < -0.3 is 15.9 Å². The Morgan fingerprint density at radius 1 is 1.44 bits per heavy atom. The molecule has 0 aliphatic carbocycles. The standard InChI is InChI=1S/C17H24N4O4/c1-12(22)20-15(18)11-16(23)25-21-10-2-3-14(17(21)24)5-4-13-6-8-19-9-7-13/h6-9,14-15H,2-5,10-11,18H2,1H3,(H,20,22)/t14?,15-/m0/s1. The van der Waals surface area contributed by atoms with E-state index in [9.17, 15) is 14.4 Å². The summed E-state index contributed by atoms with van der Waals surface area (Å²) in [6, 6.07) is 3.85. The van der Waals surface area contributed by atoms with Crippen LogP contribution in [-0.2, 0) is 25.6 Å². The van der Waals surface area contributed by atoms with Crippen molar-refractivity contribution in [1.82, 2.24) is 15.4 Å². The molecule has 1 aromatic heterocycles. The van der Waals surface area contributed by atoms with Gasteiger partial charge in [-0.25, -0.2) is 4.79 Å². The van der Waals surface area contributed by atoms with Crippen LogP contribution in [0.1, 0.15) is 38.2 Å². The molecule has 3 N–H and O–H groups in total. The predicted octanol–water partition coefficient (Wildman–Crippen LogP) is 0.522. The zero-order valence-corrected chi connectivity index (χ0v) is 14.3. The molecule has 1 aliphatic rings. The lowest BCUT2D eigenvalue weighted by atomic mass is 9.92. The Bertz CT molecular complexity index is 608. The molecule has 1 fully saturated rings. The summed E-state index contributed by atoms with van der Waals surface area (Å²) in [5, 5.41) is 3.53. The lowest BCUT2D eigenvalue weighted by Gasteiger charge is -2.30. The SMILES string of the molecule is CC(=O)N[C@H](N)CC(=O)ON1CCCC(CCc2ccncc2)C1=O. The van der Waals surface area contributed by atoms with E-state index in [2.05, 4.69) is 10.3 Å². The summed E-state index contributed by atoms with van der Waals surface area (Å²) >= 11 is 0. The summed E-state index contributed by atoms with van der Waals surface area (Å²) in [4.78, 5) is 44.4. The summed E-state index contributed by atoms with van der Waals surface area (Å²) in [7, 11) is 0. The highest BCUT2D eigenvalue weighted by atomic mass is 16.7. The molecular formula is C17H24N4O4. The van der Waals surface area contributed by atoms with Crippen LogP contribution < -0.4 is 11.1 Å². The van der Waals surface area contributed by atoms with E-state index in [1.807, 2.05) is 12.1 Å². The maximum absolute atomic E-state index is 12.5. The first-order valence-electron chi connectivity index (χ1n) is 8.39. The molecule has 8 heteroatoms. The van der Waals surface area contributed by atoms with E-state index in [1.165, 1.54) is 6.92 Å². The summed E-state index contributed by atoms with van der Waals surface area (Å²) in [6.45, 7) is 1.69. The first-order chi connectivity index (χ1) is 12.0. The molecule has 1 aliphatic heterocycles. The molecule has 136 valence electrons. The summed E-state index contributed by atoms with van der Waals surface area (Å²) < 4.78 is 0.